The first kappa shape index (κ1) is 13.7. The minimum Gasteiger partial charge on any atom is -0.398 e. The third-order valence-electron chi connectivity index (χ3n) is 3.05. The Balaban J connectivity index is 1.81. The summed E-state index contributed by atoms with van der Waals surface area (Å²) in [6, 6.07) is 6.12. The molecule has 0 radical (unpaired) electrons. The molecule has 5 heteroatoms. The predicted molar refractivity (Wildman–Crippen MR) is 79.7 cm³/mol. The van der Waals surface area contributed by atoms with E-state index in [0.717, 1.165) is 22.2 Å². The number of benzene rings is 1. The number of carbonyl (C=O) groups excluding carboxylic acids is 1. The number of nitrogens with one attached hydrogen (secondary N) is 1. The maximum Gasteiger partial charge on any atom is 0.230 e. The highest BCUT2D eigenvalue weighted by molar-refractivity contribution is 9.10. The van der Waals surface area contributed by atoms with Crippen molar-refractivity contribution in [3.63, 3.8) is 0 Å². The molecule has 1 aliphatic carbocycles. The van der Waals surface area contributed by atoms with Gasteiger partial charge in [-0.1, -0.05) is 28.8 Å². The van der Waals surface area contributed by atoms with Crippen LogP contribution in [0.25, 0.3) is 0 Å². The Bertz CT molecular complexity index is 433. The van der Waals surface area contributed by atoms with Crippen molar-refractivity contribution >= 4 is 39.3 Å². The molecule has 0 aromatic heterocycles. The van der Waals surface area contributed by atoms with Crippen LogP contribution in [0.5, 0.6) is 0 Å². The lowest BCUT2D eigenvalue weighted by molar-refractivity contribution is -0.119. The Morgan fingerprint density at radius 2 is 2.17 bits per heavy atom. The summed E-state index contributed by atoms with van der Waals surface area (Å²) >= 11 is 4.86. The SMILES string of the molecule is Nc1cc(Br)ccc1SCC(=O)NC1CCCC1. The molecule has 1 amide bonds. The van der Waals surface area contributed by atoms with Crippen LogP contribution in [-0.4, -0.2) is 17.7 Å². The van der Waals surface area contributed by atoms with E-state index < -0.39 is 0 Å². The van der Waals surface area contributed by atoms with Crippen LogP contribution in [0.15, 0.2) is 27.6 Å². The van der Waals surface area contributed by atoms with E-state index in [1.807, 2.05) is 18.2 Å². The van der Waals surface area contributed by atoms with Crippen LogP contribution >= 0.6 is 27.7 Å². The Labute approximate surface area is 120 Å². The van der Waals surface area contributed by atoms with Crippen molar-refractivity contribution in [2.24, 2.45) is 0 Å². The van der Waals surface area contributed by atoms with Crippen molar-refractivity contribution in [3.05, 3.63) is 22.7 Å². The number of anilines is 1. The molecule has 0 heterocycles. The summed E-state index contributed by atoms with van der Waals surface area (Å²) in [4.78, 5) is 12.7. The van der Waals surface area contributed by atoms with E-state index in [1.165, 1.54) is 24.6 Å². The van der Waals surface area contributed by atoms with Crippen molar-refractivity contribution in [3.8, 4) is 0 Å². The largest absolute Gasteiger partial charge is 0.398 e. The first-order chi connectivity index (χ1) is 8.65. The van der Waals surface area contributed by atoms with Crippen LogP contribution in [0, 0.1) is 0 Å². The van der Waals surface area contributed by atoms with Gasteiger partial charge in [-0.05, 0) is 31.0 Å². The predicted octanol–water partition coefficient (Wildman–Crippen LogP) is 3.18. The molecule has 1 aromatic carbocycles. The molecule has 1 aliphatic rings. The van der Waals surface area contributed by atoms with Gasteiger partial charge in [0.1, 0.15) is 0 Å². The quantitative estimate of drug-likeness (QED) is 0.659. The van der Waals surface area contributed by atoms with Gasteiger partial charge in [-0.3, -0.25) is 4.79 Å². The maximum absolute atomic E-state index is 11.8. The number of thioether (sulfide) groups is 1. The van der Waals surface area contributed by atoms with Crippen LogP contribution in [0.3, 0.4) is 0 Å². The average molecular weight is 329 g/mol. The fourth-order valence-corrected chi connectivity index (χ4v) is 3.27. The smallest absolute Gasteiger partial charge is 0.230 e. The molecular weight excluding hydrogens is 312 g/mol. The van der Waals surface area contributed by atoms with E-state index in [0.29, 0.717) is 17.5 Å². The molecule has 3 N–H and O–H groups in total. The lowest BCUT2D eigenvalue weighted by Crippen LogP contribution is -2.33. The van der Waals surface area contributed by atoms with Gasteiger partial charge < -0.3 is 11.1 Å². The summed E-state index contributed by atoms with van der Waals surface area (Å²) in [5.41, 5.74) is 6.60. The fourth-order valence-electron chi connectivity index (χ4n) is 2.13. The first-order valence-corrected chi connectivity index (χ1v) is 7.90. The van der Waals surface area contributed by atoms with Gasteiger partial charge in [-0.15, -0.1) is 11.8 Å². The Hall–Kier alpha value is -0.680. The summed E-state index contributed by atoms with van der Waals surface area (Å²) in [6.07, 6.45) is 4.71. The Morgan fingerprint density at radius 1 is 1.44 bits per heavy atom. The summed E-state index contributed by atoms with van der Waals surface area (Å²) in [5, 5.41) is 3.07. The molecular formula is C13H17BrN2OS. The van der Waals surface area contributed by atoms with Gasteiger partial charge in [0.2, 0.25) is 5.91 Å². The molecule has 0 spiro atoms. The molecule has 1 fully saturated rings. The molecule has 2 rings (SSSR count). The van der Waals surface area contributed by atoms with E-state index in [4.69, 9.17) is 5.73 Å². The van der Waals surface area contributed by atoms with Crippen LogP contribution in [0.4, 0.5) is 5.69 Å². The number of carbonyl (C=O) groups is 1. The minimum atomic E-state index is 0.106. The Morgan fingerprint density at radius 3 is 2.83 bits per heavy atom. The average Bonchev–Trinajstić information content (AvgIpc) is 2.80. The van der Waals surface area contributed by atoms with Gasteiger partial charge >= 0.3 is 0 Å². The lowest BCUT2D eigenvalue weighted by Gasteiger charge is -2.12. The zero-order valence-corrected chi connectivity index (χ0v) is 12.5. The number of nitrogen functional groups attached to an aromatic ring is 1. The zero-order chi connectivity index (χ0) is 13.0. The summed E-state index contributed by atoms with van der Waals surface area (Å²) < 4.78 is 0.958. The standard InChI is InChI=1S/C13H17BrN2OS/c14-9-5-6-12(11(15)7-9)18-8-13(17)16-10-3-1-2-4-10/h5-7,10H,1-4,8,15H2,(H,16,17). The number of nitrogens with two attached hydrogens (primary N) is 1. The van der Waals surface area contributed by atoms with Crippen molar-refractivity contribution in [2.75, 3.05) is 11.5 Å². The second-order valence-electron chi connectivity index (χ2n) is 4.52. The van der Waals surface area contributed by atoms with E-state index in [9.17, 15) is 4.79 Å². The molecule has 1 saturated carbocycles. The van der Waals surface area contributed by atoms with Gasteiger partial charge in [-0.2, -0.15) is 0 Å². The van der Waals surface area contributed by atoms with Crippen molar-refractivity contribution < 1.29 is 4.79 Å². The third kappa shape index (κ3) is 3.92. The molecule has 0 bridgehead atoms. The highest BCUT2D eigenvalue weighted by Crippen LogP contribution is 2.27. The number of hydrogen-bond donors (Lipinski definition) is 2. The van der Waals surface area contributed by atoms with Gasteiger partial charge in [0.05, 0.1) is 5.75 Å². The number of amides is 1. The van der Waals surface area contributed by atoms with Crippen LogP contribution in [-0.2, 0) is 4.79 Å². The molecule has 0 atom stereocenters. The second kappa shape index (κ2) is 6.48. The number of halogens is 1. The molecule has 98 valence electrons. The third-order valence-corrected chi connectivity index (χ3v) is 4.63. The Kier molecular flexibility index (Phi) is 4.95. The first-order valence-electron chi connectivity index (χ1n) is 6.12. The van der Waals surface area contributed by atoms with E-state index >= 15 is 0 Å². The van der Waals surface area contributed by atoms with E-state index in [-0.39, 0.29) is 5.91 Å². The molecule has 0 unspecified atom stereocenters. The monoisotopic (exact) mass is 328 g/mol. The number of rotatable bonds is 4. The summed E-state index contributed by atoms with van der Waals surface area (Å²) in [5.74, 6) is 0.539. The van der Waals surface area contributed by atoms with E-state index in [2.05, 4.69) is 21.2 Å². The molecule has 0 saturated heterocycles. The fraction of sp³-hybridized carbons (Fsp3) is 0.462. The van der Waals surface area contributed by atoms with Gasteiger partial charge in [0, 0.05) is 21.1 Å². The van der Waals surface area contributed by atoms with Gasteiger partial charge in [0.25, 0.3) is 0 Å². The highest BCUT2D eigenvalue weighted by atomic mass is 79.9. The summed E-state index contributed by atoms with van der Waals surface area (Å²) in [6.45, 7) is 0. The topological polar surface area (TPSA) is 55.1 Å². The molecule has 3 nitrogen and oxygen atoms in total. The second-order valence-corrected chi connectivity index (χ2v) is 6.45. The van der Waals surface area contributed by atoms with Crippen molar-refractivity contribution in [1.82, 2.24) is 5.32 Å². The highest BCUT2D eigenvalue weighted by Gasteiger charge is 2.17. The van der Waals surface area contributed by atoms with Crippen LogP contribution in [0.2, 0.25) is 0 Å². The van der Waals surface area contributed by atoms with Gasteiger partial charge in [0.15, 0.2) is 0 Å². The normalized spacial score (nSPS) is 15.8. The number of hydrogen-bond acceptors (Lipinski definition) is 3. The molecule has 0 aliphatic heterocycles. The van der Waals surface area contributed by atoms with Crippen LogP contribution in [0.1, 0.15) is 25.7 Å². The molecule has 18 heavy (non-hydrogen) atoms. The van der Waals surface area contributed by atoms with Gasteiger partial charge in [-0.25, -0.2) is 0 Å². The summed E-state index contributed by atoms with van der Waals surface area (Å²) in [7, 11) is 0. The van der Waals surface area contributed by atoms with Crippen molar-refractivity contribution in [1.29, 1.82) is 0 Å². The van der Waals surface area contributed by atoms with Crippen LogP contribution < -0.4 is 11.1 Å². The van der Waals surface area contributed by atoms with E-state index in [1.54, 1.807) is 0 Å². The lowest BCUT2D eigenvalue weighted by atomic mass is 10.2. The van der Waals surface area contributed by atoms with Crippen molar-refractivity contribution in [2.45, 2.75) is 36.6 Å². The maximum atomic E-state index is 11.8. The zero-order valence-electron chi connectivity index (χ0n) is 10.1. The minimum absolute atomic E-state index is 0.106. The molecule has 1 aromatic rings.